The van der Waals surface area contributed by atoms with Crippen molar-refractivity contribution < 1.29 is 9.53 Å². The summed E-state index contributed by atoms with van der Waals surface area (Å²) in [5.41, 5.74) is 1.06. The fraction of sp³-hybridized carbons (Fsp3) is 0.190. The Morgan fingerprint density at radius 3 is 2.36 bits per heavy atom. The van der Waals surface area contributed by atoms with Gasteiger partial charge in [-0.15, -0.1) is 0 Å². The van der Waals surface area contributed by atoms with Gasteiger partial charge in [0, 0.05) is 5.02 Å². The number of ether oxygens (including phenoxy) is 1. The zero-order valence-corrected chi connectivity index (χ0v) is 15.0. The summed E-state index contributed by atoms with van der Waals surface area (Å²) in [6, 6.07) is 21.2. The van der Waals surface area contributed by atoms with E-state index >= 15 is 0 Å². The number of amides is 1. The van der Waals surface area contributed by atoms with Crippen molar-refractivity contribution in [3.63, 3.8) is 0 Å². The summed E-state index contributed by atoms with van der Waals surface area (Å²) in [5, 5.41) is 5.98. The van der Waals surface area contributed by atoms with E-state index in [-0.39, 0.29) is 11.9 Å². The van der Waals surface area contributed by atoms with E-state index in [0.29, 0.717) is 10.8 Å². The van der Waals surface area contributed by atoms with Gasteiger partial charge in [-0.2, -0.15) is 0 Å². The number of benzene rings is 3. The van der Waals surface area contributed by atoms with Crippen LogP contribution in [0.5, 0.6) is 5.75 Å². The lowest BCUT2D eigenvalue weighted by atomic mass is 10.0. The zero-order chi connectivity index (χ0) is 17.8. The van der Waals surface area contributed by atoms with Crippen LogP contribution < -0.4 is 10.1 Å². The first kappa shape index (κ1) is 17.3. The lowest BCUT2D eigenvalue weighted by Crippen LogP contribution is -2.37. The van der Waals surface area contributed by atoms with Crippen LogP contribution >= 0.6 is 11.6 Å². The standard InChI is InChI=1S/C21H20ClNO2/c1-14(17-8-7-16-5-3-4-6-18(16)13-17)23-21(24)15(2)25-20-11-9-19(22)10-12-20/h3-15H,1-2H3,(H,23,24)/t14-,15+/m0/s1. The second kappa shape index (κ2) is 7.58. The predicted molar refractivity (Wildman–Crippen MR) is 102 cm³/mol. The topological polar surface area (TPSA) is 38.3 Å². The Morgan fingerprint density at radius 1 is 0.960 bits per heavy atom. The van der Waals surface area contributed by atoms with Crippen molar-refractivity contribution in [2.24, 2.45) is 0 Å². The highest BCUT2D eigenvalue weighted by atomic mass is 35.5. The third-order valence-corrected chi connectivity index (χ3v) is 4.38. The Bertz CT molecular complexity index is 876. The minimum Gasteiger partial charge on any atom is -0.481 e. The second-order valence-corrected chi connectivity index (χ2v) is 6.49. The van der Waals surface area contributed by atoms with Gasteiger partial charge in [0.2, 0.25) is 0 Å². The number of carbonyl (C=O) groups is 1. The average molecular weight is 354 g/mol. The van der Waals surface area contributed by atoms with Gasteiger partial charge in [-0.3, -0.25) is 4.79 Å². The zero-order valence-electron chi connectivity index (χ0n) is 14.2. The highest BCUT2D eigenvalue weighted by molar-refractivity contribution is 6.30. The molecule has 3 aromatic rings. The van der Waals surface area contributed by atoms with Gasteiger partial charge in [0.25, 0.3) is 5.91 Å². The monoisotopic (exact) mass is 353 g/mol. The number of hydrogen-bond acceptors (Lipinski definition) is 2. The van der Waals surface area contributed by atoms with Gasteiger partial charge in [-0.05, 0) is 60.5 Å². The van der Waals surface area contributed by atoms with Gasteiger partial charge < -0.3 is 10.1 Å². The van der Waals surface area contributed by atoms with Crippen LogP contribution in [0, 0.1) is 0 Å². The molecule has 0 saturated carbocycles. The highest BCUT2D eigenvalue weighted by Gasteiger charge is 2.18. The molecule has 0 aliphatic rings. The van der Waals surface area contributed by atoms with Crippen LogP contribution in [-0.2, 0) is 4.79 Å². The van der Waals surface area contributed by atoms with Crippen LogP contribution in [0.4, 0.5) is 0 Å². The van der Waals surface area contributed by atoms with Gasteiger partial charge in [0.05, 0.1) is 6.04 Å². The third kappa shape index (κ3) is 4.31. The summed E-state index contributed by atoms with van der Waals surface area (Å²) in [6.07, 6.45) is -0.593. The molecule has 3 rings (SSSR count). The number of hydrogen-bond donors (Lipinski definition) is 1. The van der Waals surface area contributed by atoms with E-state index in [1.807, 2.05) is 25.1 Å². The number of rotatable bonds is 5. The number of nitrogens with one attached hydrogen (secondary N) is 1. The molecule has 0 aromatic heterocycles. The van der Waals surface area contributed by atoms with Crippen molar-refractivity contribution in [3.8, 4) is 5.75 Å². The molecule has 128 valence electrons. The summed E-state index contributed by atoms with van der Waals surface area (Å²) < 4.78 is 5.67. The maximum atomic E-state index is 12.4. The van der Waals surface area contributed by atoms with Gasteiger partial charge in [0.1, 0.15) is 5.75 Å². The number of fused-ring (bicyclic) bond motifs is 1. The van der Waals surface area contributed by atoms with Crippen LogP contribution in [0.15, 0.2) is 66.7 Å². The molecule has 3 nitrogen and oxygen atoms in total. The van der Waals surface area contributed by atoms with Gasteiger partial charge in [-0.25, -0.2) is 0 Å². The number of halogens is 1. The predicted octanol–water partition coefficient (Wildman–Crippen LogP) is 5.14. The molecule has 0 heterocycles. The summed E-state index contributed by atoms with van der Waals surface area (Å²) >= 11 is 5.85. The Morgan fingerprint density at radius 2 is 1.64 bits per heavy atom. The average Bonchev–Trinajstić information content (AvgIpc) is 2.63. The Labute approximate surface area is 152 Å². The van der Waals surface area contributed by atoms with E-state index in [1.165, 1.54) is 5.39 Å². The molecule has 0 bridgehead atoms. The van der Waals surface area contributed by atoms with E-state index in [4.69, 9.17) is 16.3 Å². The lowest BCUT2D eigenvalue weighted by Gasteiger charge is -2.19. The molecular weight excluding hydrogens is 334 g/mol. The summed E-state index contributed by atoms with van der Waals surface area (Å²) in [7, 11) is 0. The fourth-order valence-electron chi connectivity index (χ4n) is 2.66. The van der Waals surface area contributed by atoms with Crippen molar-refractivity contribution in [1.82, 2.24) is 5.32 Å². The Hall–Kier alpha value is -2.52. The van der Waals surface area contributed by atoms with Gasteiger partial charge >= 0.3 is 0 Å². The first-order valence-corrected chi connectivity index (χ1v) is 8.62. The molecule has 0 radical (unpaired) electrons. The lowest BCUT2D eigenvalue weighted by molar-refractivity contribution is -0.127. The van der Waals surface area contributed by atoms with Crippen LogP contribution in [0.25, 0.3) is 10.8 Å². The molecule has 4 heteroatoms. The van der Waals surface area contributed by atoms with E-state index in [9.17, 15) is 4.79 Å². The van der Waals surface area contributed by atoms with Crippen molar-refractivity contribution in [1.29, 1.82) is 0 Å². The molecule has 0 spiro atoms. The molecule has 0 saturated heterocycles. The summed E-state index contributed by atoms with van der Waals surface area (Å²) in [5.74, 6) is 0.459. The summed E-state index contributed by atoms with van der Waals surface area (Å²) in [4.78, 5) is 12.4. The highest BCUT2D eigenvalue weighted by Crippen LogP contribution is 2.21. The molecule has 0 fully saturated rings. The maximum absolute atomic E-state index is 12.4. The van der Waals surface area contributed by atoms with E-state index < -0.39 is 6.10 Å². The van der Waals surface area contributed by atoms with Crippen LogP contribution in [0.3, 0.4) is 0 Å². The first-order chi connectivity index (χ1) is 12.0. The summed E-state index contributed by atoms with van der Waals surface area (Å²) in [6.45, 7) is 3.70. The molecule has 1 amide bonds. The maximum Gasteiger partial charge on any atom is 0.261 e. The minimum atomic E-state index is -0.593. The van der Waals surface area contributed by atoms with E-state index in [2.05, 4.69) is 29.6 Å². The third-order valence-electron chi connectivity index (χ3n) is 4.13. The van der Waals surface area contributed by atoms with Crippen molar-refractivity contribution in [2.75, 3.05) is 0 Å². The molecule has 2 atom stereocenters. The fourth-order valence-corrected chi connectivity index (χ4v) is 2.79. The quantitative estimate of drug-likeness (QED) is 0.689. The van der Waals surface area contributed by atoms with Crippen LogP contribution in [0.2, 0.25) is 5.02 Å². The van der Waals surface area contributed by atoms with Crippen molar-refractivity contribution >= 4 is 28.3 Å². The molecule has 3 aromatic carbocycles. The first-order valence-electron chi connectivity index (χ1n) is 8.24. The van der Waals surface area contributed by atoms with Crippen molar-refractivity contribution in [2.45, 2.75) is 26.0 Å². The van der Waals surface area contributed by atoms with Crippen LogP contribution in [-0.4, -0.2) is 12.0 Å². The molecular formula is C21H20ClNO2. The largest absolute Gasteiger partial charge is 0.481 e. The molecule has 1 N–H and O–H groups in total. The molecule has 0 aliphatic carbocycles. The second-order valence-electron chi connectivity index (χ2n) is 6.05. The molecule has 25 heavy (non-hydrogen) atoms. The molecule has 0 unspecified atom stereocenters. The van der Waals surface area contributed by atoms with Crippen molar-refractivity contribution in [3.05, 3.63) is 77.3 Å². The Balaban J connectivity index is 1.65. The van der Waals surface area contributed by atoms with Crippen LogP contribution in [0.1, 0.15) is 25.5 Å². The number of carbonyl (C=O) groups excluding carboxylic acids is 1. The Kier molecular flexibility index (Phi) is 5.25. The normalized spacial score (nSPS) is 13.2. The van der Waals surface area contributed by atoms with E-state index in [1.54, 1.807) is 31.2 Å². The van der Waals surface area contributed by atoms with Gasteiger partial charge in [0.15, 0.2) is 6.10 Å². The SMILES string of the molecule is C[C@H](NC(=O)[C@@H](C)Oc1ccc(Cl)cc1)c1ccc2ccccc2c1. The van der Waals surface area contributed by atoms with E-state index in [0.717, 1.165) is 10.9 Å². The molecule has 0 aliphatic heterocycles. The van der Waals surface area contributed by atoms with Gasteiger partial charge in [-0.1, -0.05) is 48.0 Å². The minimum absolute atomic E-state index is 0.103. The smallest absolute Gasteiger partial charge is 0.261 e.